The van der Waals surface area contributed by atoms with Gasteiger partial charge in [0.2, 0.25) is 0 Å². The van der Waals surface area contributed by atoms with E-state index in [9.17, 15) is 9.90 Å². The van der Waals surface area contributed by atoms with Crippen LogP contribution >= 0.6 is 0 Å². The highest BCUT2D eigenvalue weighted by molar-refractivity contribution is 5.91. The summed E-state index contributed by atoms with van der Waals surface area (Å²) in [6.07, 6.45) is 4.36. The van der Waals surface area contributed by atoms with Crippen molar-refractivity contribution in [2.24, 2.45) is 7.05 Å². The molecule has 1 saturated carbocycles. The lowest BCUT2D eigenvalue weighted by Crippen LogP contribution is -2.08. The molecule has 0 radical (unpaired) electrons. The van der Waals surface area contributed by atoms with Crippen molar-refractivity contribution in [1.82, 2.24) is 24.8 Å². The van der Waals surface area contributed by atoms with E-state index < -0.39 is 5.97 Å². The molecule has 2 heterocycles. The number of rotatable bonds is 6. The number of aliphatic hydroxyl groups is 1. The Morgan fingerprint density at radius 1 is 1.16 bits per heavy atom. The van der Waals surface area contributed by atoms with Gasteiger partial charge in [0.1, 0.15) is 5.56 Å². The number of ether oxygens (including phenoxy) is 1. The number of aliphatic hydroxyl groups excluding tert-OH is 1. The number of methoxy groups -OCH3 is 1. The minimum atomic E-state index is -0.400. The van der Waals surface area contributed by atoms with Crippen LogP contribution in [0.5, 0.6) is 0 Å². The number of carbonyl (C=O) groups is 1. The third kappa shape index (κ3) is 3.58. The summed E-state index contributed by atoms with van der Waals surface area (Å²) in [7, 11) is 3.22. The van der Waals surface area contributed by atoms with Crippen LogP contribution in [-0.4, -0.2) is 43.0 Å². The second-order valence-electron chi connectivity index (χ2n) is 8.02. The molecule has 8 heteroatoms. The Kier molecular flexibility index (Phi) is 5.07. The lowest BCUT2D eigenvalue weighted by molar-refractivity contribution is 0.0599. The largest absolute Gasteiger partial charge is 0.465 e. The fourth-order valence-electron chi connectivity index (χ4n) is 4.21. The Morgan fingerprint density at radius 3 is 2.66 bits per heavy atom. The highest BCUT2D eigenvalue weighted by atomic mass is 16.5. The lowest BCUT2D eigenvalue weighted by atomic mass is 10.0. The van der Waals surface area contributed by atoms with Gasteiger partial charge in [-0.05, 0) is 41.3 Å². The Balaban J connectivity index is 1.56. The van der Waals surface area contributed by atoms with Crippen molar-refractivity contribution < 1.29 is 14.6 Å². The number of hydrogen-bond donors (Lipinski definition) is 1. The summed E-state index contributed by atoms with van der Waals surface area (Å²) in [6.45, 7) is -0.00916. The first-order valence-electron chi connectivity index (χ1n) is 10.4. The maximum absolute atomic E-state index is 12.5. The average molecular weight is 429 g/mol. The highest BCUT2D eigenvalue weighted by Gasteiger charge is 2.46. The summed E-state index contributed by atoms with van der Waals surface area (Å²) in [6, 6.07) is 15.8. The molecule has 8 nitrogen and oxygen atoms in total. The van der Waals surface area contributed by atoms with E-state index in [2.05, 4.69) is 15.4 Å². The van der Waals surface area contributed by atoms with Gasteiger partial charge in [-0.2, -0.15) is 5.10 Å². The maximum atomic E-state index is 12.5. The van der Waals surface area contributed by atoms with Crippen molar-refractivity contribution in [3.8, 4) is 16.8 Å². The number of nitrogens with zero attached hydrogens (tertiary/aromatic N) is 5. The first-order chi connectivity index (χ1) is 15.6. The molecule has 0 unspecified atom stereocenters. The molecule has 1 fully saturated rings. The number of aromatic nitrogens is 5. The van der Waals surface area contributed by atoms with E-state index in [1.54, 1.807) is 10.9 Å². The minimum Gasteiger partial charge on any atom is -0.465 e. The zero-order chi connectivity index (χ0) is 22.2. The monoisotopic (exact) mass is 429 g/mol. The number of carbonyl (C=O) groups excluding carboxylic acids is 1. The Hall–Kier alpha value is -3.78. The molecule has 2 aromatic carbocycles. The van der Waals surface area contributed by atoms with Gasteiger partial charge in [-0.25, -0.2) is 9.48 Å². The zero-order valence-corrected chi connectivity index (χ0v) is 17.8. The van der Waals surface area contributed by atoms with Crippen molar-refractivity contribution in [1.29, 1.82) is 0 Å². The van der Waals surface area contributed by atoms with Crippen molar-refractivity contribution in [3.05, 3.63) is 83.4 Å². The number of hydrogen-bond acceptors (Lipinski definition) is 6. The van der Waals surface area contributed by atoms with Gasteiger partial charge in [-0.3, -0.25) is 4.68 Å². The number of esters is 1. The molecule has 1 aliphatic carbocycles. The molecular weight excluding hydrogens is 406 g/mol. The predicted molar refractivity (Wildman–Crippen MR) is 117 cm³/mol. The van der Waals surface area contributed by atoms with Crippen molar-refractivity contribution in [2.45, 2.75) is 24.9 Å². The molecular formula is C24H23N5O3. The van der Waals surface area contributed by atoms with Gasteiger partial charge in [-0.15, -0.1) is 5.10 Å². The molecule has 1 N–H and O–H groups in total. The van der Waals surface area contributed by atoms with Crippen LogP contribution < -0.4 is 0 Å². The molecule has 0 aliphatic heterocycles. The molecule has 2 atom stereocenters. The number of benzene rings is 2. The van der Waals surface area contributed by atoms with Crippen LogP contribution in [0.25, 0.3) is 16.8 Å². The summed E-state index contributed by atoms with van der Waals surface area (Å²) in [4.78, 5) is 12.5. The fourth-order valence-corrected chi connectivity index (χ4v) is 4.21. The van der Waals surface area contributed by atoms with Crippen LogP contribution in [0.3, 0.4) is 0 Å². The summed E-state index contributed by atoms with van der Waals surface area (Å²) in [5.41, 5.74) is 5.92. The second-order valence-corrected chi connectivity index (χ2v) is 8.02. The topological polar surface area (TPSA) is 95.1 Å². The molecule has 0 bridgehead atoms. The highest BCUT2D eigenvalue weighted by Crippen LogP contribution is 2.55. The molecule has 162 valence electrons. The molecule has 32 heavy (non-hydrogen) atoms. The van der Waals surface area contributed by atoms with E-state index in [1.165, 1.54) is 7.11 Å². The van der Waals surface area contributed by atoms with Crippen LogP contribution in [0.4, 0.5) is 0 Å². The zero-order valence-electron chi connectivity index (χ0n) is 17.8. The van der Waals surface area contributed by atoms with Crippen LogP contribution in [-0.2, 0) is 18.4 Å². The summed E-state index contributed by atoms with van der Waals surface area (Å²) in [5.74, 6) is -0.112. The first kappa shape index (κ1) is 20.1. The van der Waals surface area contributed by atoms with Gasteiger partial charge in [0.05, 0.1) is 37.0 Å². The fraction of sp³-hybridized carbons (Fsp3) is 0.250. The van der Waals surface area contributed by atoms with E-state index in [1.807, 2.05) is 66.5 Å². The quantitative estimate of drug-likeness (QED) is 0.473. The average Bonchev–Trinajstić information content (AvgIpc) is 3.28. The molecule has 0 saturated heterocycles. The van der Waals surface area contributed by atoms with Gasteiger partial charge in [0.15, 0.2) is 0 Å². The van der Waals surface area contributed by atoms with Crippen LogP contribution in [0.2, 0.25) is 0 Å². The molecule has 4 aromatic rings. The molecule has 0 spiro atoms. The van der Waals surface area contributed by atoms with Crippen molar-refractivity contribution in [3.63, 3.8) is 0 Å². The third-order valence-corrected chi connectivity index (χ3v) is 5.89. The van der Waals surface area contributed by atoms with Crippen molar-refractivity contribution in [2.75, 3.05) is 7.11 Å². The van der Waals surface area contributed by atoms with Gasteiger partial charge in [-0.1, -0.05) is 35.5 Å². The van der Waals surface area contributed by atoms with Gasteiger partial charge < -0.3 is 9.84 Å². The Labute approximate surface area is 185 Å². The molecule has 1 aliphatic rings. The van der Waals surface area contributed by atoms with Gasteiger partial charge >= 0.3 is 5.97 Å². The van der Waals surface area contributed by atoms with Crippen molar-refractivity contribution >= 4 is 5.97 Å². The van der Waals surface area contributed by atoms with Crippen LogP contribution in [0, 0.1) is 0 Å². The maximum Gasteiger partial charge on any atom is 0.341 e. The van der Waals surface area contributed by atoms with E-state index in [0.29, 0.717) is 5.56 Å². The lowest BCUT2D eigenvalue weighted by Gasteiger charge is -2.11. The predicted octanol–water partition coefficient (Wildman–Crippen LogP) is 3.22. The Morgan fingerprint density at radius 2 is 1.94 bits per heavy atom. The van der Waals surface area contributed by atoms with Crippen LogP contribution in [0.15, 0.2) is 60.9 Å². The number of aryl methyl sites for hydroxylation is 1. The molecule has 2 aromatic heterocycles. The normalized spacial score (nSPS) is 17.3. The summed E-state index contributed by atoms with van der Waals surface area (Å²) >= 11 is 0. The van der Waals surface area contributed by atoms with E-state index in [4.69, 9.17) is 4.74 Å². The van der Waals surface area contributed by atoms with Gasteiger partial charge in [0, 0.05) is 25.1 Å². The van der Waals surface area contributed by atoms with Gasteiger partial charge in [0.25, 0.3) is 0 Å². The minimum absolute atomic E-state index is 0.00916. The smallest absolute Gasteiger partial charge is 0.341 e. The Bertz CT molecular complexity index is 1290. The third-order valence-electron chi connectivity index (χ3n) is 5.89. The second kappa shape index (κ2) is 8.05. The van der Waals surface area contributed by atoms with E-state index >= 15 is 0 Å². The standard InChI is InChI=1S/C24H23N5O3/c1-28-13-22(26-27-28)19-11-20(19)23-21(24(31)32-2)12-25-29(23)18-8-4-7-17(10-18)16-6-3-5-15(9-16)14-30/h3-10,12-13,19-20,30H,11,14H2,1-2H3/t19-,20-/m1/s1. The SMILES string of the molecule is COC(=O)c1cnn(-c2cccc(-c3cccc(CO)c3)c2)c1[C@@H]1C[C@H]1c1cn(C)nn1. The summed E-state index contributed by atoms with van der Waals surface area (Å²) < 4.78 is 8.53. The molecule has 5 rings (SSSR count). The summed E-state index contributed by atoms with van der Waals surface area (Å²) in [5, 5.41) is 22.3. The van der Waals surface area contributed by atoms with Crippen LogP contribution in [0.1, 0.15) is 45.6 Å². The van der Waals surface area contributed by atoms with E-state index in [-0.39, 0.29) is 18.4 Å². The van der Waals surface area contributed by atoms with E-state index in [0.717, 1.165) is 40.2 Å². The first-order valence-corrected chi connectivity index (χ1v) is 10.4. The molecule has 0 amide bonds.